The number of benzene rings is 1. The maximum atomic E-state index is 6.07. The Balaban J connectivity index is 2.11. The Kier molecular flexibility index (Phi) is 6.22. The molecule has 1 saturated heterocycles. The van der Waals surface area contributed by atoms with E-state index < -0.39 is 0 Å². The van der Waals surface area contributed by atoms with Gasteiger partial charge in [0.1, 0.15) is 0 Å². The molecule has 21 heavy (non-hydrogen) atoms. The monoisotopic (exact) mass is 290 g/mol. The molecule has 0 bridgehead atoms. The fourth-order valence-corrected chi connectivity index (χ4v) is 3.25. The summed E-state index contributed by atoms with van der Waals surface area (Å²) in [6, 6.07) is 6.97. The first-order valence-electron chi connectivity index (χ1n) is 8.28. The molecule has 1 heterocycles. The van der Waals surface area contributed by atoms with Gasteiger partial charge in [-0.05, 0) is 50.0 Å². The number of hydrogen-bond acceptors (Lipinski definition) is 3. The number of hydrogen-bond donors (Lipinski definition) is 1. The summed E-state index contributed by atoms with van der Waals surface area (Å²) in [5.74, 6) is 0. The number of morpholine rings is 1. The van der Waals surface area contributed by atoms with Crippen LogP contribution in [0.3, 0.4) is 0 Å². The van der Waals surface area contributed by atoms with Crippen LogP contribution in [0.15, 0.2) is 18.2 Å². The molecule has 1 N–H and O–H groups in total. The number of nitrogens with one attached hydrogen (secondary N) is 1. The number of nitrogens with zero attached hydrogens (tertiary/aromatic N) is 1. The topological polar surface area (TPSA) is 24.5 Å². The summed E-state index contributed by atoms with van der Waals surface area (Å²) in [6.07, 6.45) is 1.34. The summed E-state index contributed by atoms with van der Waals surface area (Å²) in [4.78, 5) is 2.49. The van der Waals surface area contributed by atoms with Gasteiger partial charge < -0.3 is 10.1 Å². The van der Waals surface area contributed by atoms with E-state index >= 15 is 0 Å². The molecule has 0 radical (unpaired) electrons. The van der Waals surface area contributed by atoms with Gasteiger partial charge in [-0.1, -0.05) is 32.0 Å². The Labute approximate surface area is 129 Å². The van der Waals surface area contributed by atoms with Crippen molar-refractivity contribution in [3.8, 4) is 0 Å². The molecule has 2 rings (SSSR count). The standard InChI is InChI=1S/C18H30N2O/c1-5-19-17(18-13-20(6-2)10-11-21-18)12-16-14(3)8-7-9-15(16)4/h7-9,17-19H,5-6,10-13H2,1-4H3. The van der Waals surface area contributed by atoms with Gasteiger partial charge in [-0.2, -0.15) is 0 Å². The molecule has 0 saturated carbocycles. The molecule has 3 nitrogen and oxygen atoms in total. The number of rotatable bonds is 6. The lowest BCUT2D eigenvalue weighted by Gasteiger charge is -2.37. The van der Waals surface area contributed by atoms with Gasteiger partial charge in [-0.25, -0.2) is 0 Å². The molecule has 2 unspecified atom stereocenters. The second-order valence-corrected chi connectivity index (χ2v) is 6.04. The first-order valence-corrected chi connectivity index (χ1v) is 8.28. The average molecular weight is 290 g/mol. The van der Waals surface area contributed by atoms with Crippen LogP contribution in [0.1, 0.15) is 30.5 Å². The SMILES string of the molecule is CCNC(Cc1c(C)cccc1C)C1CN(CC)CCO1. The largest absolute Gasteiger partial charge is 0.374 e. The molecule has 1 aromatic carbocycles. The fourth-order valence-electron chi connectivity index (χ4n) is 3.25. The van der Waals surface area contributed by atoms with Gasteiger partial charge in [0.25, 0.3) is 0 Å². The van der Waals surface area contributed by atoms with Gasteiger partial charge in [0.2, 0.25) is 0 Å². The van der Waals surface area contributed by atoms with Crippen LogP contribution < -0.4 is 5.32 Å². The van der Waals surface area contributed by atoms with Crippen molar-refractivity contribution in [2.45, 2.75) is 46.3 Å². The van der Waals surface area contributed by atoms with E-state index in [-0.39, 0.29) is 6.10 Å². The third-order valence-electron chi connectivity index (χ3n) is 4.61. The van der Waals surface area contributed by atoms with E-state index in [0.717, 1.165) is 39.2 Å². The predicted octanol–water partition coefficient (Wildman–Crippen LogP) is 2.54. The predicted molar refractivity (Wildman–Crippen MR) is 88.9 cm³/mol. The van der Waals surface area contributed by atoms with Crippen LogP contribution in [0.25, 0.3) is 0 Å². The third-order valence-corrected chi connectivity index (χ3v) is 4.61. The van der Waals surface area contributed by atoms with Crippen LogP contribution in [-0.4, -0.2) is 49.8 Å². The highest BCUT2D eigenvalue weighted by atomic mass is 16.5. The Morgan fingerprint density at radius 1 is 1.29 bits per heavy atom. The van der Waals surface area contributed by atoms with Gasteiger partial charge >= 0.3 is 0 Å². The molecular formula is C18H30N2O. The minimum Gasteiger partial charge on any atom is -0.374 e. The zero-order valence-corrected chi connectivity index (χ0v) is 14.0. The smallest absolute Gasteiger partial charge is 0.0858 e. The molecule has 118 valence electrons. The number of aryl methyl sites for hydroxylation is 2. The molecule has 3 heteroatoms. The lowest BCUT2D eigenvalue weighted by Crippen LogP contribution is -2.53. The Bertz CT molecular complexity index is 427. The van der Waals surface area contributed by atoms with E-state index in [4.69, 9.17) is 4.74 Å². The van der Waals surface area contributed by atoms with Gasteiger partial charge in [0.15, 0.2) is 0 Å². The van der Waals surface area contributed by atoms with Crippen LogP contribution in [0.5, 0.6) is 0 Å². The molecule has 1 fully saturated rings. The Morgan fingerprint density at radius 2 is 2.00 bits per heavy atom. The van der Waals surface area contributed by atoms with E-state index in [1.165, 1.54) is 16.7 Å². The zero-order chi connectivity index (χ0) is 15.2. The van der Waals surface area contributed by atoms with E-state index in [1.807, 2.05) is 0 Å². The Morgan fingerprint density at radius 3 is 2.62 bits per heavy atom. The van der Waals surface area contributed by atoms with E-state index in [2.05, 4.69) is 56.1 Å². The molecule has 2 atom stereocenters. The van der Waals surface area contributed by atoms with Gasteiger partial charge in [-0.3, -0.25) is 4.90 Å². The quantitative estimate of drug-likeness (QED) is 0.871. The molecule has 1 aromatic rings. The number of likely N-dealkylation sites (N-methyl/N-ethyl adjacent to an activating group) is 2. The second kappa shape index (κ2) is 7.92. The van der Waals surface area contributed by atoms with Crippen molar-refractivity contribution in [2.24, 2.45) is 0 Å². The van der Waals surface area contributed by atoms with Crippen LogP contribution >= 0.6 is 0 Å². The molecule has 0 aromatic heterocycles. The molecule has 1 aliphatic rings. The third kappa shape index (κ3) is 4.29. The van der Waals surface area contributed by atoms with Crippen LogP contribution in [0, 0.1) is 13.8 Å². The number of ether oxygens (including phenoxy) is 1. The summed E-state index contributed by atoms with van der Waals surface area (Å²) >= 11 is 0. The van der Waals surface area contributed by atoms with E-state index in [1.54, 1.807) is 0 Å². The van der Waals surface area contributed by atoms with Crippen molar-refractivity contribution in [1.82, 2.24) is 10.2 Å². The van der Waals surface area contributed by atoms with Crippen LogP contribution in [-0.2, 0) is 11.2 Å². The zero-order valence-electron chi connectivity index (χ0n) is 14.0. The van der Waals surface area contributed by atoms with Crippen LogP contribution in [0.2, 0.25) is 0 Å². The highest BCUT2D eigenvalue weighted by Crippen LogP contribution is 2.19. The van der Waals surface area contributed by atoms with E-state index in [9.17, 15) is 0 Å². The summed E-state index contributed by atoms with van der Waals surface area (Å²) in [5.41, 5.74) is 4.25. The maximum absolute atomic E-state index is 6.07. The lowest BCUT2D eigenvalue weighted by molar-refractivity contribution is -0.0445. The summed E-state index contributed by atoms with van der Waals surface area (Å²) in [7, 11) is 0. The second-order valence-electron chi connectivity index (χ2n) is 6.04. The van der Waals surface area contributed by atoms with Gasteiger partial charge in [-0.15, -0.1) is 0 Å². The fraction of sp³-hybridized carbons (Fsp3) is 0.667. The Hall–Kier alpha value is -0.900. The molecule has 0 aliphatic carbocycles. The van der Waals surface area contributed by atoms with Crippen molar-refractivity contribution >= 4 is 0 Å². The van der Waals surface area contributed by atoms with Crippen molar-refractivity contribution in [3.05, 3.63) is 34.9 Å². The molecule has 0 amide bonds. The average Bonchev–Trinajstić information content (AvgIpc) is 2.50. The normalized spacial score (nSPS) is 21.4. The molecule has 0 spiro atoms. The minimum absolute atomic E-state index is 0.289. The maximum Gasteiger partial charge on any atom is 0.0858 e. The van der Waals surface area contributed by atoms with Crippen molar-refractivity contribution in [3.63, 3.8) is 0 Å². The first-order chi connectivity index (χ1) is 10.2. The minimum atomic E-state index is 0.289. The summed E-state index contributed by atoms with van der Waals surface area (Å²) in [6.45, 7) is 13.9. The van der Waals surface area contributed by atoms with Crippen molar-refractivity contribution in [1.29, 1.82) is 0 Å². The van der Waals surface area contributed by atoms with Crippen LogP contribution in [0.4, 0.5) is 0 Å². The van der Waals surface area contributed by atoms with E-state index in [0.29, 0.717) is 6.04 Å². The van der Waals surface area contributed by atoms with Crippen molar-refractivity contribution in [2.75, 3.05) is 32.8 Å². The molecule has 1 aliphatic heterocycles. The summed E-state index contributed by atoms with van der Waals surface area (Å²) in [5, 5.41) is 3.65. The van der Waals surface area contributed by atoms with Gasteiger partial charge in [0, 0.05) is 19.1 Å². The summed E-state index contributed by atoms with van der Waals surface area (Å²) < 4.78 is 6.07. The highest BCUT2D eigenvalue weighted by molar-refractivity contribution is 5.34. The first kappa shape index (κ1) is 16.5. The van der Waals surface area contributed by atoms with Gasteiger partial charge in [0.05, 0.1) is 12.7 Å². The highest BCUT2D eigenvalue weighted by Gasteiger charge is 2.27. The molecular weight excluding hydrogens is 260 g/mol. The van der Waals surface area contributed by atoms with Crippen molar-refractivity contribution < 1.29 is 4.74 Å². The lowest BCUT2D eigenvalue weighted by atomic mass is 9.93.